The lowest BCUT2D eigenvalue weighted by atomic mass is 10.1. The van der Waals surface area contributed by atoms with Gasteiger partial charge in [0.15, 0.2) is 5.78 Å². The third-order valence-electron chi connectivity index (χ3n) is 4.64. The van der Waals surface area contributed by atoms with Gasteiger partial charge in [-0.15, -0.1) is 0 Å². The van der Waals surface area contributed by atoms with E-state index in [4.69, 9.17) is 0 Å². The third kappa shape index (κ3) is 3.55. The molecule has 0 amide bonds. The zero-order chi connectivity index (χ0) is 20.2. The second-order valence-corrected chi connectivity index (χ2v) is 6.45. The van der Waals surface area contributed by atoms with Crippen LogP contribution in [0.1, 0.15) is 10.4 Å². The number of carbonyl (C=O) groups excluding carboxylic acids is 1. The van der Waals surface area contributed by atoms with Crippen LogP contribution in [0.15, 0.2) is 94.9 Å². The maximum atomic E-state index is 13.1. The zero-order valence-electron chi connectivity index (χ0n) is 15.4. The molecule has 1 heterocycles. The molecule has 1 aromatic heterocycles. The molecule has 0 saturated carbocycles. The molecule has 29 heavy (non-hydrogen) atoms. The zero-order valence-corrected chi connectivity index (χ0v) is 15.4. The molecule has 0 atom stereocenters. The van der Waals surface area contributed by atoms with Crippen molar-refractivity contribution < 1.29 is 10.0 Å². The smallest absolute Gasteiger partial charge is 0.299 e. The van der Waals surface area contributed by atoms with Gasteiger partial charge < -0.3 is 5.21 Å². The number of carbonyl (C=O) groups is 1. The fourth-order valence-electron chi connectivity index (χ4n) is 3.25. The molecule has 1 N–H and O–H groups in total. The summed E-state index contributed by atoms with van der Waals surface area (Å²) in [4.78, 5) is 30.2. The van der Waals surface area contributed by atoms with Crippen molar-refractivity contribution in [2.75, 3.05) is 0 Å². The van der Waals surface area contributed by atoms with Gasteiger partial charge in [0, 0.05) is 16.5 Å². The molecular formula is C23H17N3O3. The standard InChI is InChI=1S/C23H17N3O3/c27-20(16-9-3-1-4-10-16)15-26-19-14-8-7-13-18(19)21(17-11-5-2-6-12-17)24-22(25-29)23(26)28/h1-14,29H,15H2. The minimum absolute atomic E-state index is 0.198. The number of Topliss-reactive ketones (excluding diaryl/α,β-unsaturated/α-hetero) is 1. The molecular weight excluding hydrogens is 366 g/mol. The summed E-state index contributed by atoms with van der Waals surface area (Å²) < 4.78 is 1.30. The van der Waals surface area contributed by atoms with E-state index in [1.165, 1.54) is 4.57 Å². The number of nitrogens with zero attached hydrogens (tertiary/aromatic N) is 3. The Hall–Kier alpha value is -4.06. The van der Waals surface area contributed by atoms with Crippen LogP contribution in [0.25, 0.3) is 22.2 Å². The summed E-state index contributed by atoms with van der Waals surface area (Å²) in [5.74, 6) is -0.228. The van der Waals surface area contributed by atoms with Crippen LogP contribution in [-0.4, -0.2) is 20.5 Å². The number of rotatable bonds is 4. The summed E-state index contributed by atoms with van der Waals surface area (Å²) in [6.45, 7) is -0.198. The van der Waals surface area contributed by atoms with Crippen molar-refractivity contribution in [1.82, 2.24) is 9.55 Å². The molecule has 0 aliphatic heterocycles. The van der Waals surface area contributed by atoms with Crippen LogP contribution < -0.4 is 11.0 Å². The maximum Gasteiger partial charge on any atom is 0.299 e. The highest BCUT2D eigenvalue weighted by Gasteiger charge is 2.14. The van der Waals surface area contributed by atoms with Crippen LogP contribution in [-0.2, 0) is 6.54 Å². The van der Waals surface area contributed by atoms with Crippen molar-refractivity contribution in [3.63, 3.8) is 0 Å². The first-order chi connectivity index (χ1) is 14.2. The van der Waals surface area contributed by atoms with Crippen LogP contribution in [0.5, 0.6) is 0 Å². The molecule has 4 aromatic rings. The van der Waals surface area contributed by atoms with E-state index in [9.17, 15) is 14.8 Å². The summed E-state index contributed by atoms with van der Waals surface area (Å²) >= 11 is 0. The van der Waals surface area contributed by atoms with Crippen LogP contribution in [0.3, 0.4) is 0 Å². The maximum absolute atomic E-state index is 13.1. The normalized spacial score (nSPS) is 11.5. The molecule has 0 unspecified atom stereocenters. The summed E-state index contributed by atoms with van der Waals surface area (Å²) in [6, 6.07) is 25.3. The molecule has 4 rings (SSSR count). The molecule has 0 aliphatic rings. The summed E-state index contributed by atoms with van der Waals surface area (Å²) in [7, 11) is 0. The van der Waals surface area contributed by atoms with Crippen molar-refractivity contribution in [3.05, 3.63) is 106 Å². The predicted molar refractivity (Wildman–Crippen MR) is 110 cm³/mol. The molecule has 6 nitrogen and oxygen atoms in total. The average molecular weight is 383 g/mol. The topological polar surface area (TPSA) is 84.5 Å². The molecule has 0 spiro atoms. The Morgan fingerprint density at radius 2 is 1.52 bits per heavy atom. The highest BCUT2D eigenvalue weighted by Crippen LogP contribution is 2.24. The Balaban J connectivity index is 2.02. The van der Waals surface area contributed by atoms with Crippen molar-refractivity contribution in [2.24, 2.45) is 5.16 Å². The number of hydrogen-bond donors (Lipinski definition) is 1. The molecule has 0 fully saturated rings. The Morgan fingerprint density at radius 3 is 2.21 bits per heavy atom. The van der Waals surface area contributed by atoms with Crippen molar-refractivity contribution >= 4 is 16.7 Å². The van der Waals surface area contributed by atoms with Crippen molar-refractivity contribution in [1.29, 1.82) is 0 Å². The van der Waals surface area contributed by atoms with Crippen LogP contribution in [0.2, 0.25) is 0 Å². The van der Waals surface area contributed by atoms with Gasteiger partial charge in [-0.25, -0.2) is 4.98 Å². The summed E-state index contributed by atoms with van der Waals surface area (Å²) in [5, 5.41) is 13.2. The lowest BCUT2D eigenvalue weighted by Crippen LogP contribution is -2.36. The molecule has 142 valence electrons. The fraction of sp³-hybridized carbons (Fsp3) is 0.0435. The Bertz CT molecular complexity index is 1310. The molecule has 0 radical (unpaired) electrons. The summed E-state index contributed by atoms with van der Waals surface area (Å²) in [5.41, 5.74) is 1.27. The molecule has 0 aliphatic carbocycles. The lowest BCUT2D eigenvalue weighted by molar-refractivity contribution is 0.0972. The fourth-order valence-corrected chi connectivity index (χ4v) is 3.25. The van der Waals surface area contributed by atoms with E-state index in [0.717, 1.165) is 5.56 Å². The lowest BCUT2D eigenvalue weighted by Gasteiger charge is -2.07. The quantitative estimate of drug-likeness (QED) is 0.333. The highest BCUT2D eigenvalue weighted by atomic mass is 16.4. The monoisotopic (exact) mass is 383 g/mol. The van der Waals surface area contributed by atoms with Gasteiger partial charge in [0.25, 0.3) is 11.0 Å². The predicted octanol–water partition coefficient (Wildman–Crippen LogP) is 3.24. The van der Waals surface area contributed by atoms with E-state index >= 15 is 0 Å². The van der Waals surface area contributed by atoms with Crippen molar-refractivity contribution in [3.8, 4) is 11.3 Å². The second-order valence-electron chi connectivity index (χ2n) is 6.45. The van der Waals surface area contributed by atoms with Gasteiger partial charge in [-0.05, 0) is 6.07 Å². The van der Waals surface area contributed by atoms with Gasteiger partial charge in [-0.3, -0.25) is 14.2 Å². The van der Waals surface area contributed by atoms with E-state index < -0.39 is 5.56 Å². The number of hydrogen-bond acceptors (Lipinski definition) is 5. The van der Waals surface area contributed by atoms with Gasteiger partial charge in [0.1, 0.15) is 0 Å². The van der Waals surface area contributed by atoms with Crippen LogP contribution >= 0.6 is 0 Å². The van der Waals surface area contributed by atoms with Crippen molar-refractivity contribution in [2.45, 2.75) is 6.54 Å². The van der Waals surface area contributed by atoms with E-state index in [1.54, 1.807) is 36.4 Å². The third-order valence-corrected chi connectivity index (χ3v) is 4.64. The first-order valence-electron chi connectivity index (χ1n) is 9.04. The van der Waals surface area contributed by atoms with Gasteiger partial charge in [-0.2, -0.15) is 0 Å². The van der Waals surface area contributed by atoms with Gasteiger partial charge in [0.2, 0.25) is 0 Å². The first-order valence-corrected chi connectivity index (χ1v) is 9.04. The SMILES string of the molecule is O=C(Cn1c(=O)c(=NO)nc(-c2ccccc2)c2ccccc21)c1ccccc1. The van der Waals surface area contributed by atoms with Crippen LogP contribution in [0.4, 0.5) is 0 Å². The number of benzene rings is 3. The molecule has 0 bridgehead atoms. The second kappa shape index (κ2) is 7.90. The number of aromatic nitrogens is 2. The number of ketones is 1. The van der Waals surface area contributed by atoms with Crippen LogP contribution in [0, 0.1) is 0 Å². The van der Waals surface area contributed by atoms with E-state index in [1.807, 2.05) is 48.5 Å². The Morgan fingerprint density at radius 1 is 0.897 bits per heavy atom. The Labute approximate surface area is 166 Å². The van der Waals surface area contributed by atoms with E-state index in [-0.39, 0.29) is 17.8 Å². The van der Waals surface area contributed by atoms with Gasteiger partial charge in [0.05, 0.1) is 17.8 Å². The minimum atomic E-state index is -0.643. The first kappa shape index (κ1) is 18.3. The van der Waals surface area contributed by atoms with E-state index in [2.05, 4.69) is 10.1 Å². The largest absolute Gasteiger partial charge is 0.409 e. The minimum Gasteiger partial charge on any atom is -0.409 e. The number of para-hydroxylation sites is 1. The molecule has 6 heteroatoms. The molecule has 0 saturated heterocycles. The molecule has 3 aromatic carbocycles. The highest BCUT2D eigenvalue weighted by molar-refractivity contribution is 5.97. The Kier molecular flexibility index (Phi) is 4.99. The number of fused-ring (bicyclic) bond motifs is 1. The average Bonchev–Trinajstić information content (AvgIpc) is 2.90. The van der Waals surface area contributed by atoms with Gasteiger partial charge in [-0.1, -0.05) is 84.0 Å². The summed E-state index contributed by atoms with van der Waals surface area (Å²) in [6.07, 6.45) is 0. The van der Waals surface area contributed by atoms with E-state index in [0.29, 0.717) is 22.2 Å². The van der Waals surface area contributed by atoms with Gasteiger partial charge >= 0.3 is 0 Å².